The van der Waals surface area contributed by atoms with Crippen LogP contribution in [0.3, 0.4) is 0 Å². The largest absolute Gasteiger partial charge is 0.334 e. The molecular formula is C13H10Cl3N3O3S. The first-order chi connectivity index (χ1) is 10.8. The van der Waals surface area contributed by atoms with E-state index in [9.17, 15) is 13.2 Å². The van der Waals surface area contributed by atoms with Gasteiger partial charge in [-0.05, 0) is 36.4 Å². The lowest BCUT2D eigenvalue weighted by molar-refractivity contribution is 0.250. The maximum absolute atomic E-state index is 12.1. The quantitative estimate of drug-likeness (QED) is 0.692. The minimum absolute atomic E-state index is 0.0288. The predicted molar refractivity (Wildman–Crippen MR) is 90.4 cm³/mol. The molecule has 0 saturated heterocycles. The van der Waals surface area contributed by atoms with Crippen molar-refractivity contribution < 1.29 is 13.2 Å². The maximum Gasteiger partial charge on any atom is 0.334 e. The highest BCUT2D eigenvalue weighted by atomic mass is 35.5. The number of sulfonamides is 1. The van der Waals surface area contributed by atoms with Gasteiger partial charge in [-0.25, -0.2) is 13.2 Å². The summed E-state index contributed by atoms with van der Waals surface area (Å²) < 4.78 is 24.2. The minimum Gasteiger partial charge on any atom is -0.307 e. The molecule has 2 rings (SSSR count). The average Bonchev–Trinajstić information content (AvgIpc) is 2.48. The lowest BCUT2D eigenvalue weighted by Gasteiger charge is -2.11. The van der Waals surface area contributed by atoms with Gasteiger partial charge >= 0.3 is 6.03 Å². The molecule has 0 aliphatic carbocycles. The van der Waals surface area contributed by atoms with E-state index < -0.39 is 16.1 Å². The molecule has 0 aromatic heterocycles. The van der Waals surface area contributed by atoms with E-state index >= 15 is 0 Å². The molecule has 0 unspecified atom stereocenters. The number of carbonyl (C=O) groups is 1. The van der Waals surface area contributed by atoms with Crippen LogP contribution in [0.4, 0.5) is 10.5 Å². The first-order valence-corrected chi connectivity index (χ1v) is 8.69. The molecule has 0 aliphatic rings. The summed E-state index contributed by atoms with van der Waals surface area (Å²) in [5.41, 5.74) is 2.40. The molecule has 0 heterocycles. The normalized spacial score (nSPS) is 11.1. The van der Waals surface area contributed by atoms with E-state index in [1.54, 1.807) is 18.2 Å². The molecule has 0 bridgehead atoms. The number of hydrazine groups is 1. The smallest absolute Gasteiger partial charge is 0.307 e. The molecule has 0 spiro atoms. The summed E-state index contributed by atoms with van der Waals surface area (Å²) in [5.74, 6) is 0. The molecule has 0 fully saturated rings. The van der Waals surface area contributed by atoms with Gasteiger partial charge in [0.15, 0.2) is 0 Å². The summed E-state index contributed by atoms with van der Waals surface area (Å²) >= 11 is 17.3. The SMILES string of the molecule is O=C(NNS(=O)(=O)c1cc(Cl)ccc1Cl)Nc1cccc(Cl)c1. The Morgan fingerprint density at radius 1 is 0.957 bits per heavy atom. The van der Waals surface area contributed by atoms with Crippen molar-refractivity contribution in [3.05, 3.63) is 57.5 Å². The van der Waals surface area contributed by atoms with Crippen LogP contribution in [0, 0.1) is 0 Å². The third kappa shape index (κ3) is 4.98. The number of hydrogen-bond acceptors (Lipinski definition) is 3. The van der Waals surface area contributed by atoms with Crippen LogP contribution < -0.4 is 15.6 Å². The molecule has 2 aromatic carbocycles. The first kappa shape index (κ1) is 17.8. The van der Waals surface area contributed by atoms with Crippen LogP contribution >= 0.6 is 34.8 Å². The number of benzene rings is 2. The Hall–Kier alpha value is -1.51. The van der Waals surface area contributed by atoms with Crippen LogP contribution in [0.2, 0.25) is 15.1 Å². The van der Waals surface area contributed by atoms with E-state index in [1.807, 2.05) is 10.3 Å². The van der Waals surface area contributed by atoms with Gasteiger partial charge in [-0.2, -0.15) is 0 Å². The molecule has 0 radical (unpaired) electrons. The zero-order valence-electron chi connectivity index (χ0n) is 11.3. The number of carbonyl (C=O) groups excluding carboxylic acids is 1. The molecule has 23 heavy (non-hydrogen) atoms. The molecule has 6 nitrogen and oxygen atoms in total. The molecule has 122 valence electrons. The second-order valence-electron chi connectivity index (χ2n) is 4.27. The summed E-state index contributed by atoms with van der Waals surface area (Å²) in [4.78, 5) is 13.4. The van der Waals surface area contributed by atoms with Crippen molar-refractivity contribution in [2.75, 3.05) is 5.32 Å². The monoisotopic (exact) mass is 393 g/mol. The molecule has 0 aliphatic heterocycles. The van der Waals surface area contributed by atoms with E-state index in [0.717, 1.165) is 0 Å². The minimum atomic E-state index is -4.07. The van der Waals surface area contributed by atoms with Crippen LogP contribution in [0.15, 0.2) is 47.4 Å². The Morgan fingerprint density at radius 3 is 2.35 bits per heavy atom. The zero-order valence-corrected chi connectivity index (χ0v) is 14.4. The first-order valence-electron chi connectivity index (χ1n) is 6.07. The van der Waals surface area contributed by atoms with Gasteiger partial charge in [0.25, 0.3) is 10.0 Å². The van der Waals surface area contributed by atoms with Gasteiger partial charge in [-0.15, -0.1) is 4.83 Å². The highest BCUT2D eigenvalue weighted by Crippen LogP contribution is 2.24. The Kier molecular flexibility index (Phi) is 5.72. The van der Waals surface area contributed by atoms with Crippen molar-refractivity contribution in [2.45, 2.75) is 4.90 Å². The topological polar surface area (TPSA) is 87.3 Å². The Bertz CT molecular complexity index is 843. The maximum atomic E-state index is 12.1. The van der Waals surface area contributed by atoms with Crippen LogP contribution in [-0.2, 0) is 10.0 Å². The Labute approximate surface area is 147 Å². The summed E-state index contributed by atoms with van der Waals surface area (Å²) in [5, 5.41) is 3.00. The van der Waals surface area contributed by atoms with Gasteiger partial charge in [0, 0.05) is 15.7 Å². The standard InChI is InChI=1S/C13H10Cl3N3O3S/c14-8-2-1-3-10(6-8)17-13(20)18-19-23(21,22)12-7-9(15)4-5-11(12)16/h1-7,19H,(H2,17,18,20). The molecule has 0 atom stereocenters. The number of anilines is 1. The Morgan fingerprint density at radius 2 is 1.65 bits per heavy atom. The Balaban J connectivity index is 2.04. The van der Waals surface area contributed by atoms with Crippen molar-refractivity contribution in [1.29, 1.82) is 0 Å². The van der Waals surface area contributed by atoms with Gasteiger partial charge in [0.1, 0.15) is 4.90 Å². The van der Waals surface area contributed by atoms with Crippen molar-refractivity contribution in [1.82, 2.24) is 10.3 Å². The summed E-state index contributed by atoms with van der Waals surface area (Å²) in [6.07, 6.45) is 0. The highest BCUT2D eigenvalue weighted by molar-refractivity contribution is 7.89. The van der Waals surface area contributed by atoms with Crippen molar-refractivity contribution >= 4 is 56.5 Å². The van der Waals surface area contributed by atoms with Gasteiger partial charge in [0.2, 0.25) is 0 Å². The van der Waals surface area contributed by atoms with Crippen LogP contribution in [0.1, 0.15) is 0 Å². The number of hydrogen-bond donors (Lipinski definition) is 3. The van der Waals surface area contributed by atoms with Crippen molar-refractivity contribution in [3.63, 3.8) is 0 Å². The fourth-order valence-corrected chi connectivity index (χ4v) is 3.37. The molecule has 3 N–H and O–H groups in total. The van der Waals surface area contributed by atoms with E-state index in [2.05, 4.69) is 5.32 Å². The van der Waals surface area contributed by atoms with Gasteiger partial charge in [-0.1, -0.05) is 40.9 Å². The number of rotatable bonds is 4. The molecule has 2 amide bonds. The second-order valence-corrected chi connectivity index (χ2v) is 7.20. The lowest BCUT2D eigenvalue weighted by Crippen LogP contribution is -2.43. The summed E-state index contributed by atoms with van der Waals surface area (Å²) in [7, 11) is -4.07. The van der Waals surface area contributed by atoms with Crippen LogP contribution in [-0.4, -0.2) is 14.4 Å². The third-order valence-corrected chi connectivity index (χ3v) is 4.76. The number of amides is 2. The van der Waals surface area contributed by atoms with E-state index in [4.69, 9.17) is 34.8 Å². The summed E-state index contributed by atoms with van der Waals surface area (Å²) in [6.45, 7) is 0. The molecule has 0 saturated carbocycles. The number of nitrogens with one attached hydrogen (secondary N) is 3. The fraction of sp³-hybridized carbons (Fsp3) is 0. The number of halogens is 3. The van der Waals surface area contributed by atoms with Crippen molar-refractivity contribution in [3.8, 4) is 0 Å². The zero-order chi connectivity index (χ0) is 17.0. The van der Waals surface area contributed by atoms with E-state index in [1.165, 1.54) is 24.3 Å². The van der Waals surface area contributed by atoms with Crippen LogP contribution in [0.5, 0.6) is 0 Å². The van der Waals surface area contributed by atoms with Gasteiger partial charge < -0.3 is 5.32 Å². The van der Waals surface area contributed by atoms with Crippen LogP contribution in [0.25, 0.3) is 0 Å². The lowest BCUT2D eigenvalue weighted by atomic mass is 10.3. The molecule has 2 aromatic rings. The van der Waals surface area contributed by atoms with E-state index in [0.29, 0.717) is 10.7 Å². The van der Waals surface area contributed by atoms with Gasteiger partial charge in [0.05, 0.1) is 5.02 Å². The third-order valence-electron chi connectivity index (χ3n) is 2.56. The van der Waals surface area contributed by atoms with Crippen molar-refractivity contribution in [2.24, 2.45) is 0 Å². The highest BCUT2D eigenvalue weighted by Gasteiger charge is 2.19. The average molecular weight is 395 g/mol. The van der Waals surface area contributed by atoms with E-state index in [-0.39, 0.29) is 14.9 Å². The summed E-state index contributed by atoms with van der Waals surface area (Å²) in [6, 6.07) is 9.52. The van der Waals surface area contributed by atoms with Gasteiger partial charge in [-0.3, -0.25) is 5.43 Å². The number of urea groups is 1. The predicted octanol–water partition coefficient (Wildman–Crippen LogP) is 3.66. The molecule has 10 heteroatoms. The second kappa shape index (κ2) is 7.37. The fourth-order valence-electron chi connectivity index (χ4n) is 1.58. The molecular weight excluding hydrogens is 385 g/mol.